The molecule has 0 unspecified atom stereocenters. The molecule has 0 N–H and O–H groups in total. The van der Waals surface area contributed by atoms with Crippen LogP contribution in [0, 0.1) is 0 Å². The average molecular weight is 291 g/mol. The summed E-state index contributed by atoms with van der Waals surface area (Å²) in [5, 5.41) is 12.6. The van der Waals surface area contributed by atoms with Crippen LogP contribution >= 0.6 is 22.9 Å². The molecule has 0 radical (unpaired) electrons. The van der Waals surface area contributed by atoms with Crippen molar-refractivity contribution < 1.29 is 0 Å². The highest BCUT2D eigenvalue weighted by atomic mass is 35.5. The summed E-state index contributed by atoms with van der Waals surface area (Å²) >= 11 is 7.66. The summed E-state index contributed by atoms with van der Waals surface area (Å²) in [6, 6.07) is 7.87. The van der Waals surface area contributed by atoms with E-state index < -0.39 is 0 Å². The number of fused-ring (bicyclic) bond motifs is 1. The summed E-state index contributed by atoms with van der Waals surface area (Å²) in [5.74, 6) is 0.813. The van der Waals surface area contributed by atoms with Crippen molar-refractivity contribution in [3.05, 3.63) is 46.0 Å². The van der Waals surface area contributed by atoms with Gasteiger partial charge in [0.25, 0.3) is 0 Å². The zero-order valence-corrected chi connectivity index (χ0v) is 11.8. The number of benzene rings is 1. The van der Waals surface area contributed by atoms with Crippen molar-refractivity contribution in [3.8, 4) is 0 Å². The van der Waals surface area contributed by atoms with Crippen molar-refractivity contribution in [2.45, 2.75) is 6.54 Å². The smallest absolute Gasteiger partial charge is 0.159 e. The van der Waals surface area contributed by atoms with Gasteiger partial charge in [-0.1, -0.05) is 35.9 Å². The fraction of sp³-hybridized carbons (Fsp3) is 0.154. The first-order valence-corrected chi connectivity index (χ1v) is 7.07. The summed E-state index contributed by atoms with van der Waals surface area (Å²) < 4.78 is 0. The number of rotatable bonds is 3. The number of aromatic nitrogens is 3. The molecular weight excluding hydrogens is 280 g/mol. The molecule has 2 aromatic heterocycles. The fourth-order valence-corrected chi connectivity index (χ4v) is 2.72. The summed E-state index contributed by atoms with van der Waals surface area (Å²) in [6.07, 6.45) is 0. The number of thiazole rings is 1. The minimum absolute atomic E-state index is 0.432. The highest BCUT2D eigenvalue weighted by molar-refractivity contribution is 7.07. The second-order valence-corrected chi connectivity index (χ2v) is 5.27. The van der Waals surface area contributed by atoms with Crippen LogP contribution in [0.15, 0.2) is 35.2 Å². The van der Waals surface area contributed by atoms with Gasteiger partial charge in [-0.25, -0.2) is 4.98 Å². The predicted octanol–water partition coefficient (Wildman–Crippen LogP) is 3.38. The van der Waals surface area contributed by atoms with E-state index in [4.69, 9.17) is 11.6 Å². The zero-order chi connectivity index (χ0) is 13.2. The molecule has 0 aliphatic rings. The first kappa shape index (κ1) is 12.3. The predicted molar refractivity (Wildman–Crippen MR) is 78.8 cm³/mol. The van der Waals surface area contributed by atoms with Gasteiger partial charge in [0, 0.05) is 23.2 Å². The summed E-state index contributed by atoms with van der Waals surface area (Å²) in [6.45, 7) is 0.698. The minimum Gasteiger partial charge on any atom is -0.352 e. The molecule has 0 saturated carbocycles. The SMILES string of the molecule is CN(Cc1cscn1)c1nnc(Cl)c2ccccc12. The molecule has 0 amide bonds. The van der Waals surface area contributed by atoms with E-state index in [2.05, 4.69) is 15.2 Å². The van der Waals surface area contributed by atoms with E-state index in [0.717, 1.165) is 22.3 Å². The molecule has 0 spiro atoms. The van der Waals surface area contributed by atoms with Crippen LogP contribution in [0.5, 0.6) is 0 Å². The van der Waals surface area contributed by atoms with Gasteiger partial charge in [-0.05, 0) is 0 Å². The maximum absolute atomic E-state index is 6.07. The van der Waals surface area contributed by atoms with Crippen LogP contribution in [0.3, 0.4) is 0 Å². The highest BCUT2D eigenvalue weighted by Crippen LogP contribution is 2.28. The van der Waals surface area contributed by atoms with Crippen LogP contribution in [-0.4, -0.2) is 22.2 Å². The van der Waals surface area contributed by atoms with Gasteiger partial charge in [0.2, 0.25) is 0 Å². The Kier molecular flexibility index (Phi) is 3.31. The van der Waals surface area contributed by atoms with Crippen molar-refractivity contribution in [2.75, 3.05) is 11.9 Å². The van der Waals surface area contributed by atoms with Crippen LogP contribution in [0.25, 0.3) is 10.8 Å². The standard InChI is InChI=1S/C13H11ClN4S/c1-18(6-9-7-19-8-15-9)13-11-5-3-2-4-10(11)12(14)16-17-13/h2-5,7-8H,6H2,1H3. The molecule has 4 nitrogen and oxygen atoms in total. The quantitative estimate of drug-likeness (QED) is 0.741. The van der Waals surface area contributed by atoms with Crippen LogP contribution in [-0.2, 0) is 6.54 Å². The van der Waals surface area contributed by atoms with E-state index in [0.29, 0.717) is 11.7 Å². The molecule has 0 fully saturated rings. The van der Waals surface area contributed by atoms with Crippen molar-refractivity contribution in [1.29, 1.82) is 0 Å². The normalized spacial score (nSPS) is 10.8. The lowest BCUT2D eigenvalue weighted by Gasteiger charge is -2.18. The monoisotopic (exact) mass is 290 g/mol. The lowest BCUT2D eigenvalue weighted by atomic mass is 10.2. The van der Waals surface area contributed by atoms with E-state index in [1.54, 1.807) is 11.3 Å². The molecule has 0 bridgehead atoms. The largest absolute Gasteiger partial charge is 0.352 e. The molecule has 0 aliphatic heterocycles. The molecule has 96 valence electrons. The third kappa shape index (κ3) is 2.39. The summed E-state index contributed by atoms with van der Waals surface area (Å²) in [4.78, 5) is 6.31. The van der Waals surface area contributed by atoms with Crippen molar-refractivity contribution in [3.63, 3.8) is 0 Å². The zero-order valence-electron chi connectivity index (χ0n) is 10.2. The first-order chi connectivity index (χ1) is 9.25. The van der Waals surface area contributed by atoms with Gasteiger partial charge in [-0.3, -0.25) is 0 Å². The molecule has 19 heavy (non-hydrogen) atoms. The van der Waals surface area contributed by atoms with E-state index in [-0.39, 0.29) is 0 Å². The fourth-order valence-electron chi connectivity index (χ4n) is 1.97. The third-order valence-corrected chi connectivity index (χ3v) is 3.78. The van der Waals surface area contributed by atoms with Gasteiger partial charge in [-0.2, -0.15) is 0 Å². The lowest BCUT2D eigenvalue weighted by Crippen LogP contribution is -2.18. The van der Waals surface area contributed by atoms with Crippen molar-refractivity contribution >= 4 is 39.5 Å². The van der Waals surface area contributed by atoms with Gasteiger partial charge in [-0.15, -0.1) is 21.5 Å². The molecule has 3 rings (SSSR count). The summed E-state index contributed by atoms with van der Waals surface area (Å²) in [7, 11) is 1.98. The van der Waals surface area contributed by atoms with Crippen LogP contribution in [0.4, 0.5) is 5.82 Å². The number of halogens is 1. The number of nitrogens with zero attached hydrogens (tertiary/aromatic N) is 4. The Morgan fingerprint density at radius 2 is 2.00 bits per heavy atom. The molecule has 0 saturated heterocycles. The Hall–Kier alpha value is -1.72. The van der Waals surface area contributed by atoms with Crippen LogP contribution < -0.4 is 4.90 Å². The Bertz CT molecular complexity index is 699. The van der Waals surface area contributed by atoms with Gasteiger partial charge >= 0.3 is 0 Å². The molecule has 2 heterocycles. The highest BCUT2D eigenvalue weighted by Gasteiger charge is 2.12. The Labute approximate surface area is 119 Å². The molecule has 6 heteroatoms. The lowest BCUT2D eigenvalue weighted by molar-refractivity contribution is 0.857. The van der Waals surface area contributed by atoms with E-state index in [1.165, 1.54) is 0 Å². The van der Waals surface area contributed by atoms with E-state index in [9.17, 15) is 0 Å². The maximum Gasteiger partial charge on any atom is 0.159 e. The number of hydrogen-bond donors (Lipinski definition) is 0. The Balaban J connectivity index is 2.03. The average Bonchev–Trinajstić information content (AvgIpc) is 2.92. The van der Waals surface area contributed by atoms with Crippen LogP contribution in [0.1, 0.15) is 5.69 Å². The maximum atomic E-state index is 6.07. The van der Waals surface area contributed by atoms with Crippen molar-refractivity contribution in [1.82, 2.24) is 15.2 Å². The van der Waals surface area contributed by atoms with E-state index >= 15 is 0 Å². The summed E-state index contributed by atoms with van der Waals surface area (Å²) in [5.41, 5.74) is 2.85. The first-order valence-electron chi connectivity index (χ1n) is 5.75. The Morgan fingerprint density at radius 3 is 2.74 bits per heavy atom. The van der Waals surface area contributed by atoms with Gasteiger partial charge in [0.15, 0.2) is 11.0 Å². The number of hydrogen-bond acceptors (Lipinski definition) is 5. The molecule has 0 aliphatic carbocycles. The topological polar surface area (TPSA) is 41.9 Å². The molecular formula is C13H11ClN4S. The number of anilines is 1. The third-order valence-electron chi connectivity index (χ3n) is 2.87. The second-order valence-electron chi connectivity index (χ2n) is 4.20. The van der Waals surface area contributed by atoms with Gasteiger partial charge < -0.3 is 4.90 Å². The minimum atomic E-state index is 0.432. The van der Waals surface area contributed by atoms with Crippen molar-refractivity contribution in [2.24, 2.45) is 0 Å². The molecule has 3 aromatic rings. The molecule has 0 atom stereocenters. The van der Waals surface area contributed by atoms with E-state index in [1.807, 2.05) is 47.1 Å². The second kappa shape index (κ2) is 5.11. The van der Waals surface area contributed by atoms with Gasteiger partial charge in [0.1, 0.15) is 0 Å². The van der Waals surface area contributed by atoms with Crippen LogP contribution in [0.2, 0.25) is 5.15 Å². The Morgan fingerprint density at radius 1 is 1.21 bits per heavy atom. The van der Waals surface area contributed by atoms with Gasteiger partial charge in [0.05, 0.1) is 17.7 Å². The molecule has 1 aromatic carbocycles.